The molecule has 2 heterocycles. The molecule has 1 atom stereocenters. The molecule has 3 rings (SSSR count). The molecule has 0 amide bonds. The van der Waals surface area contributed by atoms with Crippen molar-refractivity contribution in [3.05, 3.63) is 57.8 Å². The van der Waals surface area contributed by atoms with Gasteiger partial charge in [-0.3, -0.25) is 4.98 Å². The number of nitrogens with one attached hydrogen (secondary N) is 1. The van der Waals surface area contributed by atoms with Crippen LogP contribution in [0.3, 0.4) is 0 Å². The zero-order valence-corrected chi connectivity index (χ0v) is 13.0. The van der Waals surface area contributed by atoms with Gasteiger partial charge in [0.05, 0.1) is 0 Å². The number of benzene rings is 1. The minimum absolute atomic E-state index is 0.219. The number of ether oxygens (including phenoxy) is 1. The Morgan fingerprint density at radius 2 is 2.30 bits per heavy atom. The Kier molecular flexibility index (Phi) is 4.03. The topological polar surface area (TPSA) is 34.2 Å². The first-order valence-corrected chi connectivity index (χ1v) is 7.57. The highest BCUT2D eigenvalue weighted by Gasteiger charge is 2.22. The molecule has 0 saturated carbocycles. The van der Waals surface area contributed by atoms with Crippen molar-refractivity contribution < 1.29 is 4.74 Å². The molecule has 0 spiro atoms. The van der Waals surface area contributed by atoms with E-state index in [4.69, 9.17) is 4.74 Å². The summed E-state index contributed by atoms with van der Waals surface area (Å²) in [5.74, 6) is 1.01. The summed E-state index contributed by atoms with van der Waals surface area (Å²) in [7, 11) is 0. The molecule has 0 bridgehead atoms. The molecule has 2 aromatic rings. The standard InChI is InChI=1S/C16H17BrN2O/c1-11-4-5-18-8-13(11)9-19-10-15-7-12-6-14(17)2-3-16(12)20-15/h2-6,8,15,19H,7,9-10H2,1H3. The van der Waals surface area contributed by atoms with Gasteiger partial charge in [-0.1, -0.05) is 15.9 Å². The van der Waals surface area contributed by atoms with Gasteiger partial charge in [-0.25, -0.2) is 0 Å². The van der Waals surface area contributed by atoms with Crippen LogP contribution in [0.4, 0.5) is 0 Å². The molecular formula is C16H17BrN2O. The summed E-state index contributed by atoms with van der Waals surface area (Å²) in [6.07, 6.45) is 4.93. The molecule has 3 nitrogen and oxygen atoms in total. The summed E-state index contributed by atoms with van der Waals surface area (Å²) >= 11 is 3.50. The Morgan fingerprint density at radius 3 is 3.15 bits per heavy atom. The quantitative estimate of drug-likeness (QED) is 0.933. The number of hydrogen-bond donors (Lipinski definition) is 1. The summed E-state index contributed by atoms with van der Waals surface area (Å²) in [6, 6.07) is 8.23. The van der Waals surface area contributed by atoms with Crippen molar-refractivity contribution in [2.45, 2.75) is 26.0 Å². The van der Waals surface area contributed by atoms with Gasteiger partial charge in [0.1, 0.15) is 11.9 Å². The van der Waals surface area contributed by atoms with Gasteiger partial charge < -0.3 is 10.1 Å². The fraction of sp³-hybridized carbons (Fsp3) is 0.312. The Labute approximate surface area is 127 Å². The molecule has 104 valence electrons. The van der Waals surface area contributed by atoms with Crippen LogP contribution in [0.15, 0.2) is 41.1 Å². The lowest BCUT2D eigenvalue weighted by Crippen LogP contribution is -2.29. The Balaban J connectivity index is 1.53. The van der Waals surface area contributed by atoms with Crippen molar-refractivity contribution in [1.29, 1.82) is 0 Å². The van der Waals surface area contributed by atoms with Crippen LogP contribution in [0.1, 0.15) is 16.7 Å². The Hall–Kier alpha value is -1.39. The van der Waals surface area contributed by atoms with E-state index in [2.05, 4.69) is 39.2 Å². The fourth-order valence-electron chi connectivity index (χ4n) is 2.45. The Bertz CT molecular complexity index is 615. The van der Waals surface area contributed by atoms with Gasteiger partial charge in [-0.2, -0.15) is 0 Å². The minimum atomic E-state index is 0.219. The van der Waals surface area contributed by atoms with Crippen LogP contribution in [0.2, 0.25) is 0 Å². The maximum atomic E-state index is 5.93. The lowest BCUT2D eigenvalue weighted by atomic mass is 10.1. The lowest BCUT2D eigenvalue weighted by molar-refractivity contribution is 0.227. The first-order valence-electron chi connectivity index (χ1n) is 6.77. The van der Waals surface area contributed by atoms with Crippen molar-refractivity contribution >= 4 is 15.9 Å². The average molecular weight is 333 g/mol. The molecule has 0 saturated heterocycles. The van der Waals surface area contributed by atoms with Crippen LogP contribution in [0, 0.1) is 6.92 Å². The SMILES string of the molecule is Cc1ccncc1CNCC1Cc2cc(Br)ccc2O1. The monoisotopic (exact) mass is 332 g/mol. The number of halogens is 1. The number of aryl methyl sites for hydroxylation is 1. The molecule has 1 unspecified atom stereocenters. The molecule has 1 aromatic carbocycles. The van der Waals surface area contributed by atoms with E-state index in [1.54, 1.807) is 0 Å². The van der Waals surface area contributed by atoms with Crippen LogP contribution >= 0.6 is 15.9 Å². The number of hydrogen-bond acceptors (Lipinski definition) is 3. The summed E-state index contributed by atoms with van der Waals surface area (Å²) in [4.78, 5) is 4.16. The zero-order chi connectivity index (χ0) is 13.9. The second kappa shape index (κ2) is 5.94. The number of rotatable bonds is 4. The van der Waals surface area contributed by atoms with E-state index in [-0.39, 0.29) is 6.10 Å². The Morgan fingerprint density at radius 1 is 1.40 bits per heavy atom. The van der Waals surface area contributed by atoms with Gasteiger partial charge >= 0.3 is 0 Å². The van der Waals surface area contributed by atoms with E-state index in [1.807, 2.05) is 30.6 Å². The molecule has 4 heteroatoms. The van der Waals surface area contributed by atoms with Crippen LogP contribution in [-0.4, -0.2) is 17.6 Å². The van der Waals surface area contributed by atoms with Gasteiger partial charge in [0.25, 0.3) is 0 Å². The van der Waals surface area contributed by atoms with E-state index in [1.165, 1.54) is 16.7 Å². The van der Waals surface area contributed by atoms with Crippen molar-refractivity contribution in [1.82, 2.24) is 10.3 Å². The third-order valence-electron chi connectivity index (χ3n) is 3.60. The van der Waals surface area contributed by atoms with Crippen LogP contribution < -0.4 is 10.1 Å². The highest BCUT2D eigenvalue weighted by atomic mass is 79.9. The van der Waals surface area contributed by atoms with E-state index < -0.39 is 0 Å². The number of fused-ring (bicyclic) bond motifs is 1. The predicted octanol–water partition coefficient (Wildman–Crippen LogP) is 3.25. The maximum Gasteiger partial charge on any atom is 0.123 e. The molecule has 1 N–H and O–H groups in total. The molecule has 1 aromatic heterocycles. The van der Waals surface area contributed by atoms with Crippen molar-refractivity contribution in [2.24, 2.45) is 0 Å². The summed E-state index contributed by atoms with van der Waals surface area (Å²) in [5.41, 5.74) is 3.79. The number of aromatic nitrogens is 1. The third-order valence-corrected chi connectivity index (χ3v) is 4.09. The maximum absolute atomic E-state index is 5.93. The molecule has 20 heavy (non-hydrogen) atoms. The second-order valence-electron chi connectivity index (χ2n) is 5.13. The van der Waals surface area contributed by atoms with E-state index in [9.17, 15) is 0 Å². The zero-order valence-electron chi connectivity index (χ0n) is 11.4. The molecule has 0 fully saturated rings. The van der Waals surface area contributed by atoms with Gasteiger partial charge in [0.15, 0.2) is 0 Å². The largest absolute Gasteiger partial charge is 0.488 e. The van der Waals surface area contributed by atoms with Crippen molar-refractivity contribution in [2.75, 3.05) is 6.54 Å². The third kappa shape index (κ3) is 3.02. The normalized spacial score (nSPS) is 16.8. The highest BCUT2D eigenvalue weighted by Crippen LogP contribution is 2.30. The number of nitrogens with zero attached hydrogens (tertiary/aromatic N) is 1. The highest BCUT2D eigenvalue weighted by molar-refractivity contribution is 9.10. The summed E-state index contributed by atoms with van der Waals surface area (Å²) in [6.45, 7) is 3.79. The molecule has 0 radical (unpaired) electrons. The minimum Gasteiger partial charge on any atom is -0.488 e. The number of pyridine rings is 1. The lowest BCUT2D eigenvalue weighted by Gasteiger charge is -2.12. The van der Waals surface area contributed by atoms with Gasteiger partial charge in [-0.15, -0.1) is 0 Å². The van der Waals surface area contributed by atoms with Crippen molar-refractivity contribution in [3.63, 3.8) is 0 Å². The predicted molar refractivity (Wildman–Crippen MR) is 82.9 cm³/mol. The smallest absolute Gasteiger partial charge is 0.123 e. The molecular weight excluding hydrogens is 316 g/mol. The second-order valence-corrected chi connectivity index (χ2v) is 6.04. The molecule has 1 aliphatic rings. The van der Waals surface area contributed by atoms with Crippen LogP contribution in [-0.2, 0) is 13.0 Å². The fourth-order valence-corrected chi connectivity index (χ4v) is 2.86. The van der Waals surface area contributed by atoms with Crippen LogP contribution in [0.5, 0.6) is 5.75 Å². The van der Waals surface area contributed by atoms with E-state index in [0.29, 0.717) is 0 Å². The van der Waals surface area contributed by atoms with E-state index in [0.717, 1.165) is 29.7 Å². The van der Waals surface area contributed by atoms with Gasteiger partial charge in [0.2, 0.25) is 0 Å². The van der Waals surface area contributed by atoms with Crippen molar-refractivity contribution in [3.8, 4) is 5.75 Å². The average Bonchev–Trinajstić information content (AvgIpc) is 2.83. The molecule has 0 aliphatic carbocycles. The first kappa shape index (κ1) is 13.6. The van der Waals surface area contributed by atoms with E-state index >= 15 is 0 Å². The summed E-state index contributed by atoms with van der Waals surface area (Å²) < 4.78 is 7.04. The van der Waals surface area contributed by atoms with Gasteiger partial charge in [0, 0.05) is 36.4 Å². The first-order chi connectivity index (χ1) is 9.72. The van der Waals surface area contributed by atoms with Crippen LogP contribution in [0.25, 0.3) is 0 Å². The summed E-state index contributed by atoms with van der Waals surface area (Å²) in [5, 5.41) is 3.46. The van der Waals surface area contributed by atoms with Gasteiger partial charge in [-0.05, 0) is 47.9 Å². The molecule has 1 aliphatic heterocycles.